The van der Waals surface area contributed by atoms with E-state index < -0.39 is 11.2 Å². The zero-order chi connectivity index (χ0) is 11.4. The van der Waals surface area contributed by atoms with E-state index >= 15 is 0 Å². The Labute approximate surface area is 88.7 Å². The highest BCUT2D eigenvalue weighted by Crippen LogP contribution is 2.26. The molecule has 0 saturated heterocycles. The number of rotatable bonds is 6. The van der Waals surface area contributed by atoms with Crippen molar-refractivity contribution in [3.8, 4) is 0 Å². The van der Waals surface area contributed by atoms with Crippen molar-refractivity contribution in [1.82, 2.24) is 0 Å². The molecular weight excluding hydrogens is 176 g/mol. The molecule has 0 spiro atoms. The molecule has 0 heterocycles. The molecule has 2 heteroatoms. The van der Waals surface area contributed by atoms with Gasteiger partial charge in [-0.1, -0.05) is 26.7 Å². The Morgan fingerprint density at radius 3 is 1.79 bits per heavy atom. The Hall–Kier alpha value is -0.0800. The van der Waals surface area contributed by atoms with Crippen LogP contribution in [0.5, 0.6) is 0 Å². The van der Waals surface area contributed by atoms with E-state index in [1.54, 1.807) is 13.8 Å². The molecule has 0 aliphatic heterocycles. The second kappa shape index (κ2) is 5.13. The van der Waals surface area contributed by atoms with E-state index in [0.717, 1.165) is 12.8 Å². The highest BCUT2D eigenvalue weighted by molar-refractivity contribution is 4.87. The van der Waals surface area contributed by atoms with Gasteiger partial charge in [0.2, 0.25) is 0 Å². The smallest absolute Gasteiger partial charge is 0.126 e. The topological polar surface area (TPSA) is 29.1 Å². The predicted octanol–water partition coefficient (Wildman–Crippen LogP) is 3.43. The van der Waals surface area contributed by atoms with Crippen molar-refractivity contribution in [2.75, 3.05) is 6.61 Å². The Morgan fingerprint density at radius 2 is 1.50 bits per heavy atom. The summed E-state index contributed by atoms with van der Waals surface area (Å²) in [6, 6.07) is 0. The molecule has 0 unspecified atom stereocenters. The first-order valence-electron chi connectivity index (χ1n) is 5.59. The monoisotopic (exact) mass is 201 g/mol. The fourth-order valence-corrected chi connectivity index (χ4v) is 1.02. The van der Waals surface area contributed by atoms with Crippen LogP contribution < -0.4 is 0 Å². The number of hydrogen-bond donors (Lipinski definition) is 0. The third kappa shape index (κ3) is 3.97. The summed E-state index contributed by atoms with van der Waals surface area (Å²) in [4.78, 5) is 0. The lowest BCUT2D eigenvalue weighted by molar-refractivity contribution is -0.181. The average Bonchev–Trinajstić information content (AvgIpc) is 2.04. The minimum Gasteiger partial charge on any atom is -0.372 e. The maximum Gasteiger partial charge on any atom is 0.126 e. The largest absolute Gasteiger partial charge is 0.372 e. The molecule has 14 heavy (non-hydrogen) atoms. The standard InChI is InChI=1S/C12H25O2/c1-7-10(8-2)9-14-12(5,6)11(3,4)13/h10H,7-9H2,1-6H3. The lowest BCUT2D eigenvalue weighted by Gasteiger charge is -2.36. The van der Waals surface area contributed by atoms with E-state index in [9.17, 15) is 5.11 Å². The zero-order valence-corrected chi connectivity index (χ0v) is 10.5. The summed E-state index contributed by atoms with van der Waals surface area (Å²) in [6.45, 7) is 12.1. The van der Waals surface area contributed by atoms with Crippen LogP contribution in [0.1, 0.15) is 54.4 Å². The second-order valence-corrected chi connectivity index (χ2v) is 5.01. The van der Waals surface area contributed by atoms with Gasteiger partial charge in [0.05, 0.1) is 12.2 Å². The maximum absolute atomic E-state index is 11.8. The van der Waals surface area contributed by atoms with Crippen molar-refractivity contribution in [3.63, 3.8) is 0 Å². The molecule has 0 aliphatic carbocycles. The highest BCUT2D eigenvalue weighted by Gasteiger charge is 2.38. The van der Waals surface area contributed by atoms with Crippen LogP contribution >= 0.6 is 0 Å². The van der Waals surface area contributed by atoms with E-state index in [4.69, 9.17) is 4.74 Å². The first-order chi connectivity index (χ1) is 6.24. The molecule has 0 rings (SSSR count). The summed E-state index contributed by atoms with van der Waals surface area (Å²) in [6.07, 6.45) is 2.23. The molecule has 0 aromatic carbocycles. The van der Waals surface area contributed by atoms with Gasteiger partial charge in [-0.05, 0) is 33.6 Å². The SMILES string of the molecule is CCC(CC)COC(C)(C)C(C)(C)[O]. The normalized spacial score (nSPS) is 13.7. The van der Waals surface area contributed by atoms with Crippen LogP contribution in [0, 0.1) is 5.92 Å². The first kappa shape index (κ1) is 13.9. The quantitative estimate of drug-likeness (QED) is 0.647. The van der Waals surface area contributed by atoms with Crippen LogP contribution in [0.15, 0.2) is 0 Å². The van der Waals surface area contributed by atoms with Gasteiger partial charge in [-0.15, -0.1) is 0 Å². The van der Waals surface area contributed by atoms with Crippen LogP contribution in [-0.4, -0.2) is 17.8 Å². The van der Waals surface area contributed by atoms with Gasteiger partial charge in [-0.25, -0.2) is 5.11 Å². The molecule has 85 valence electrons. The lowest BCUT2D eigenvalue weighted by atomic mass is 9.89. The van der Waals surface area contributed by atoms with E-state index in [1.165, 1.54) is 0 Å². The van der Waals surface area contributed by atoms with Crippen LogP contribution in [-0.2, 0) is 9.84 Å². The summed E-state index contributed by atoms with van der Waals surface area (Å²) < 4.78 is 5.73. The molecule has 0 N–H and O–H groups in total. The van der Waals surface area contributed by atoms with Gasteiger partial charge < -0.3 is 4.74 Å². The fraction of sp³-hybridized carbons (Fsp3) is 1.00. The van der Waals surface area contributed by atoms with Gasteiger partial charge in [-0.2, -0.15) is 0 Å². The van der Waals surface area contributed by atoms with Crippen LogP contribution in [0.2, 0.25) is 0 Å². The summed E-state index contributed by atoms with van der Waals surface area (Å²) in [5.41, 5.74) is -1.63. The molecule has 2 nitrogen and oxygen atoms in total. The molecule has 0 amide bonds. The summed E-state index contributed by atoms with van der Waals surface area (Å²) in [7, 11) is 0. The van der Waals surface area contributed by atoms with Crippen molar-refractivity contribution < 1.29 is 9.84 Å². The second-order valence-electron chi connectivity index (χ2n) is 5.01. The van der Waals surface area contributed by atoms with Crippen LogP contribution in [0.3, 0.4) is 0 Å². The maximum atomic E-state index is 11.8. The van der Waals surface area contributed by atoms with Gasteiger partial charge in [0.25, 0.3) is 0 Å². The van der Waals surface area contributed by atoms with Crippen LogP contribution in [0.25, 0.3) is 0 Å². The number of ether oxygens (including phenoxy) is 1. The molecular formula is C12H25O2. The Balaban J connectivity index is 4.11. The van der Waals surface area contributed by atoms with Gasteiger partial charge in [0.1, 0.15) is 5.60 Å². The van der Waals surface area contributed by atoms with E-state index in [2.05, 4.69) is 13.8 Å². The van der Waals surface area contributed by atoms with Crippen LogP contribution in [0.4, 0.5) is 0 Å². The molecule has 0 aromatic rings. The third-order valence-electron chi connectivity index (χ3n) is 3.28. The average molecular weight is 201 g/mol. The predicted molar refractivity (Wildman–Crippen MR) is 58.9 cm³/mol. The van der Waals surface area contributed by atoms with Gasteiger partial charge in [0.15, 0.2) is 0 Å². The van der Waals surface area contributed by atoms with E-state index in [1.807, 2.05) is 13.8 Å². The Kier molecular flexibility index (Phi) is 5.10. The van der Waals surface area contributed by atoms with Crippen molar-refractivity contribution in [2.24, 2.45) is 5.92 Å². The van der Waals surface area contributed by atoms with Gasteiger partial charge in [0, 0.05) is 0 Å². The van der Waals surface area contributed by atoms with Gasteiger partial charge in [-0.3, -0.25) is 0 Å². The molecule has 1 radical (unpaired) electrons. The molecule has 0 aromatic heterocycles. The summed E-state index contributed by atoms with van der Waals surface area (Å²) >= 11 is 0. The van der Waals surface area contributed by atoms with Crippen molar-refractivity contribution in [3.05, 3.63) is 0 Å². The molecule has 0 fully saturated rings. The Morgan fingerprint density at radius 1 is 1.07 bits per heavy atom. The summed E-state index contributed by atoms with van der Waals surface area (Å²) in [5, 5.41) is 11.8. The van der Waals surface area contributed by atoms with Crippen molar-refractivity contribution in [1.29, 1.82) is 0 Å². The third-order valence-corrected chi connectivity index (χ3v) is 3.28. The van der Waals surface area contributed by atoms with Gasteiger partial charge >= 0.3 is 0 Å². The molecule has 0 bridgehead atoms. The first-order valence-corrected chi connectivity index (χ1v) is 5.59. The molecule has 0 atom stereocenters. The zero-order valence-electron chi connectivity index (χ0n) is 10.5. The highest BCUT2D eigenvalue weighted by atomic mass is 16.5. The van der Waals surface area contributed by atoms with E-state index in [0.29, 0.717) is 12.5 Å². The van der Waals surface area contributed by atoms with E-state index in [-0.39, 0.29) is 0 Å². The van der Waals surface area contributed by atoms with Crippen molar-refractivity contribution >= 4 is 0 Å². The fourth-order valence-electron chi connectivity index (χ4n) is 1.02. The lowest BCUT2D eigenvalue weighted by Crippen LogP contribution is -2.47. The minimum atomic E-state index is -1.04. The van der Waals surface area contributed by atoms with Crippen molar-refractivity contribution in [2.45, 2.75) is 65.6 Å². The number of hydrogen-bond acceptors (Lipinski definition) is 1. The molecule has 0 saturated carbocycles. The summed E-state index contributed by atoms with van der Waals surface area (Å²) in [5.74, 6) is 0.580. The molecule has 0 aliphatic rings. The Bertz CT molecular complexity index is 152. The minimum absolute atomic E-state index is 0.580.